The highest BCUT2D eigenvalue weighted by molar-refractivity contribution is 6.11. The van der Waals surface area contributed by atoms with Crippen molar-refractivity contribution < 1.29 is 4.74 Å². The van der Waals surface area contributed by atoms with Crippen molar-refractivity contribution in [3.8, 4) is 11.3 Å². The Labute approximate surface area is 176 Å². The molecular weight excluding hydrogens is 378 g/mol. The molecule has 2 aliphatic heterocycles. The Hall–Kier alpha value is -2.97. The largest absolute Gasteiger partial charge is 0.404 e. The van der Waals surface area contributed by atoms with E-state index in [-0.39, 0.29) is 12.1 Å². The molecule has 4 rings (SSSR count). The number of benzene rings is 1. The zero-order valence-corrected chi connectivity index (χ0v) is 17.1. The third-order valence-electron chi connectivity index (χ3n) is 5.60. The quantitative estimate of drug-likeness (QED) is 0.509. The molecule has 1 unspecified atom stereocenters. The lowest BCUT2D eigenvalue weighted by Gasteiger charge is -2.30. The molecule has 0 spiro atoms. The molecule has 0 aliphatic carbocycles. The van der Waals surface area contributed by atoms with Crippen LogP contribution in [0.1, 0.15) is 24.8 Å². The van der Waals surface area contributed by atoms with E-state index >= 15 is 0 Å². The van der Waals surface area contributed by atoms with Gasteiger partial charge in [-0.3, -0.25) is 4.99 Å². The number of hydrogen-bond donors (Lipinski definition) is 3. The van der Waals surface area contributed by atoms with Gasteiger partial charge < -0.3 is 26.8 Å². The highest BCUT2D eigenvalue weighted by Crippen LogP contribution is 2.29. The van der Waals surface area contributed by atoms with Gasteiger partial charge in [0.2, 0.25) is 5.95 Å². The molecule has 0 radical (unpaired) electrons. The minimum atomic E-state index is 0.165. The van der Waals surface area contributed by atoms with Gasteiger partial charge in [-0.2, -0.15) is 0 Å². The molecule has 0 bridgehead atoms. The lowest BCUT2D eigenvalue weighted by atomic mass is 10.0. The van der Waals surface area contributed by atoms with Gasteiger partial charge in [0.25, 0.3) is 0 Å². The van der Waals surface area contributed by atoms with Crippen molar-refractivity contribution in [1.82, 2.24) is 9.97 Å². The van der Waals surface area contributed by atoms with E-state index in [2.05, 4.69) is 14.9 Å². The second-order valence-electron chi connectivity index (χ2n) is 7.80. The number of aromatic nitrogens is 2. The average Bonchev–Trinajstić information content (AvgIpc) is 3.29. The second-order valence-corrected chi connectivity index (χ2v) is 7.80. The van der Waals surface area contributed by atoms with Crippen molar-refractivity contribution in [1.29, 1.82) is 0 Å². The van der Waals surface area contributed by atoms with Gasteiger partial charge in [0.1, 0.15) is 0 Å². The molecule has 158 valence electrons. The Morgan fingerprint density at radius 3 is 2.60 bits per heavy atom. The molecule has 2 saturated heterocycles. The Balaban J connectivity index is 1.70. The first-order chi connectivity index (χ1) is 14.6. The van der Waals surface area contributed by atoms with E-state index in [0.29, 0.717) is 18.2 Å². The van der Waals surface area contributed by atoms with Crippen LogP contribution in [0, 0.1) is 0 Å². The molecule has 1 aromatic heterocycles. The molecule has 2 aliphatic rings. The second kappa shape index (κ2) is 9.23. The van der Waals surface area contributed by atoms with Crippen LogP contribution in [0.3, 0.4) is 0 Å². The van der Waals surface area contributed by atoms with Crippen molar-refractivity contribution in [2.75, 3.05) is 36.9 Å². The molecule has 30 heavy (non-hydrogen) atoms. The van der Waals surface area contributed by atoms with E-state index in [0.717, 1.165) is 61.4 Å². The number of piperidine rings is 1. The van der Waals surface area contributed by atoms with E-state index in [4.69, 9.17) is 26.9 Å². The Kier molecular flexibility index (Phi) is 6.25. The molecule has 2 aromatic rings. The predicted molar refractivity (Wildman–Crippen MR) is 121 cm³/mol. The fourth-order valence-corrected chi connectivity index (χ4v) is 3.72. The summed E-state index contributed by atoms with van der Waals surface area (Å²) in [5, 5.41) is 0. The molecule has 8 heteroatoms. The predicted octanol–water partition coefficient (Wildman–Crippen LogP) is 1.81. The van der Waals surface area contributed by atoms with Gasteiger partial charge in [-0.15, -0.1) is 0 Å². The number of hydrogen-bond acceptors (Lipinski definition) is 8. The third kappa shape index (κ3) is 4.60. The van der Waals surface area contributed by atoms with E-state index in [1.165, 1.54) is 0 Å². The van der Waals surface area contributed by atoms with Crippen LogP contribution in [0.4, 0.5) is 11.6 Å². The van der Waals surface area contributed by atoms with Gasteiger partial charge in [-0.1, -0.05) is 12.1 Å². The standard InChI is InChI=1S/C22H29N7O/c23-11-16(12-26-19-7-10-30-14-19)20-13-27-22(29-8-5-18(25)6-9-29)28-21(20)15-1-3-17(24)4-2-15/h1-4,11-13,18-19H,5-10,14,23-25H2. The van der Waals surface area contributed by atoms with Gasteiger partial charge in [-0.25, -0.2) is 9.97 Å². The number of nitrogen functional groups attached to an aromatic ring is 1. The number of ether oxygens (including phenoxy) is 1. The van der Waals surface area contributed by atoms with E-state index in [1.54, 1.807) is 12.4 Å². The van der Waals surface area contributed by atoms with Gasteiger partial charge >= 0.3 is 0 Å². The van der Waals surface area contributed by atoms with Gasteiger partial charge in [0.05, 0.1) is 18.3 Å². The summed E-state index contributed by atoms with van der Waals surface area (Å²) in [6.45, 7) is 3.10. The number of rotatable bonds is 5. The average molecular weight is 408 g/mol. The van der Waals surface area contributed by atoms with Crippen LogP contribution in [-0.4, -0.2) is 54.6 Å². The molecular formula is C22H29N7O. The van der Waals surface area contributed by atoms with Gasteiger partial charge in [0.15, 0.2) is 0 Å². The third-order valence-corrected chi connectivity index (χ3v) is 5.60. The summed E-state index contributed by atoms with van der Waals surface area (Å²) in [6.07, 6.45) is 7.99. The van der Waals surface area contributed by atoms with E-state index < -0.39 is 0 Å². The van der Waals surface area contributed by atoms with Gasteiger partial charge in [0, 0.05) is 66.7 Å². The zero-order chi connectivity index (χ0) is 20.9. The van der Waals surface area contributed by atoms with Crippen LogP contribution in [0.5, 0.6) is 0 Å². The molecule has 0 amide bonds. The molecule has 2 fully saturated rings. The zero-order valence-electron chi connectivity index (χ0n) is 17.1. The van der Waals surface area contributed by atoms with Crippen LogP contribution in [0.25, 0.3) is 16.8 Å². The van der Waals surface area contributed by atoms with Crippen molar-refractivity contribution in [3.63, 3.8) is 0 Å². The lowest BCUT2D eigenvalue weighted by Crippen LogP contribution is -2.40. The lowest BCUT2D eigenvalue weighted by molar-refractivity contribution is 0.194. The summed E-state index contributed by atoms with van der Waals surface area (Å²) in [7, 11) is 0. The maximum absolute atomic E-state index is 6.05. The summed E-state index contributed by atoms with van der Waals surface area (Å²) in [5.74, 6) is 0.704. The number of aliphatic imine (C=N–C) groups is 1. The van der Waals surface area contributed by atoms with Crippen molar-refractivity contribution in [3.05, 3.63) is 42.2 Å². The molecule has 6 N–H and O–H groups in total. The minimum absolute atomic E-state index is 0.165. The van der Waals surface area contributed by atoms with E-state index in [1.807, 2.05) is 30.5 Å². The highest BCUT2D eigenvalue weighted by Gasteiger charge is 2.21. The fourth-order valence-electron chi connectivity index (χ4n) is 3.72. The Morgan fingerprint density at radius 1 is 1.17 bits per heavy atom. The Morgan fingerprint density at radius 2 is 1.93 bits per heavy atom. The van der Waals surface area contributed by atoms with Crippen LogP contribution in [0.2, 0.25) is 0 Å². The molecule has 1 atom stereocenters. The van der Waals surface area contributed by atoms with Crippen LogP contribution in [0.15, 0.2) is 41.7 Å². The highest BCUT2D eigenvalue weighted by atomic mass is 16.5. The maximum atomic E-state index is 6.05. The topological polar surface area (TPSA) is 129 Å². The summed E-state index contributed by atoms with van der Waals surface area (Å²) in [4.78, 5) is 16.4. The van der Waals surface area contributed by atoms with Crippen LogP contribution >= 0.6 is 0 Å². The van der Waals surface area contributed by atoms with Crippen molar-refractivity contribution >= 4 is 23.4 Å². The fraction of sp³-hybridized carbons (Fsp3) is 0.409. The monoisotopic (exact) mass is 407 g/mol. The van der Waals surface area contributed by atoms with Crippen molar-refractivity contribution in [2.45, 2.75) is 31.3 Å². The molecule has 8 nitrogen and oxygen atoms in total. The van der Waals surface area contributed by atoms with Crippen LogP contribution in [-0.2, 0) is 4.74 Å². The molecule has 0 saturated carbocycles. The first kappa shape index (κ1) is 20.3. The maximum Gasteiger partial charge on any atom is 0.225 e. The first-order valence-corrected chi connectivity index (χ1v) is 10.4. The normalized spacial score (nSPS) is 20.9. The van der Waals surface area contributed by atoms with Crippen molar-refractivity contribution in [2.24, 2.45) is 16.5 Å². The number of anilines is 2. The minimum Gasteiger partial charge on any atom is -0.404 e. The Bertz CT molecular complexity index is 912. The smallest absolute Gasteiger partial charge is 0.225 e. The summed E-state index contributed by atoms with van der Waals surface area (Å²) >= 11 is 0. The molecule has 3 heterocycles. The number of nitrogens with zero attached hydrogens (tertiary/aromatic N) is 4. The molecule has 1 aromatic carbocycles. The summed E-state index contributed by atoms with van der Waals surface area (Å²) < 4.78 is 5.41. The van der Waals surface area contributed by atoms with E-state index in [9.17, 15) is 0 Å². The van der Waals surface area contributed by atoms with Gasteiger partial charge in [-0.05, 0) is 31.4 Å². The first-order valence-electron chi connectivity index (χ1n) is 10.4. The summed E-state index contributed by atoms with van der Waals surface area (Å²) in [5.41, 5.74) is 22.0. The summed E-state index contributed by atoms with van der Waals surface area (Å²) in [6, 6.07) is 8.09. The van der Waals surface area contributed by atoms with Crippen LogP contribution < -0.4 is 22.1 Å². The SMILES string of the molecule is NC=C(C=NC1CCOC1)c1cnc(N2CCC(N)CC2)nc1-c1ccc(N)cc1. The number of allylic oxidation sites excluding steroid dienone is 1. The number of nitrogens with two attached hydrogens (primary N) is 3.